The number of hydrogen-bond acceptors (Lipinski definition) is 3. The van der Waals surface area contributed by atoms with Crippen molar-refractivity contribution in [3.8, 4) is 0 Å². The van der Waals surface area contributed by atoms with E-state index in [1.165, 1.54) is 33.7 Å². The molecule has 0 saturated heterocycles. The monoisotopic (exact) mass is 300 g/mol. The number of aryl methyl sites for hydroxylation is 1. The highest BCUT2D eigenvalue weighted by Crippen LogP contribution is 2.25. The van der Waals surface area contributed by atoms with Gasteiger partial charge in [0.25, 0.3) is 0 Å². The first-order chi connectivity index (χ1) is 10.2. The number of nitrogens with zero attached hydrogens (tertiary/aromatic N) is 1. The third-order valence-corrected chi connectivity index (χ3v) is 5.04. The summed E-state index contributed by atoms with van der Waals surface area (Å²) >= 11 is 1.94. The molecule has 2 aromatic rings. The summed E-state index contributed by atoms with van der Waals surface area (Å²) in [6, 6.07) is 13.9. The average molecular weight is 300 g/mol. The molecule has 0 atom stereocenters. The van der Waals surface area contributed by atoms with E-state index in [0.717, 1.165) is 25.7 Å². The summed E-state index contributed by atoms with van der Waals surface area (Å²) in [4.78, 5) is 5.33. The van der Waals surface area contributed by atoms with E-state index in [9.17, 15) is 0 Å². The van der Waals surface area contributed by atoms with Crippen LogP contribution in [0.25, 0.3) is 0 Å². The molecule has 0 unspecified atom stereocenters. The summed E-state index contributed by atoms with van der Waals surface area (Å²) in [6.07, 6.45) is 2.72. The number of benzene rings is 1. The zero-order valence-electron chi connectivity index (χ0n) is 12.9. The number of thiophene rings is 1. The average Bonchev–Trinajstić information content (AvgIpc) is 3.23. The van der Waals surface area contributed by atoms with Crippen molar-refractivity contribution in [2.24, 2.45) is 0 Å². The third kappa shape index (κ3) is 4.40. The molecule has 1 aromatic heterocycles. The van der Waals surface area contributed by atoms with Gasteiger partial charge in [-0.05, 0) is 44.0 Å². The number of rotatable bonds is 7. The van der Waals surface area contributed by atoms with Gasteiger partial charge >= 0.3 is 0 Å². The van der Waals surface area contributed by atoms with Gasteiger partial charge in [-0.15, -0.1) is 11.3 Å². The maximum atomic E-state index is 3.60. The molecule has 0 spiro atoms. The molecule has 0 bridgehead atoms. The molecule has 2 nitrogen and oxygen atoms in total. The Morgan fingerprint density at radius 3 is 2.67 bits per heavy atom. The molecule has 0 aliphatic heterocycles. The minimum absolute atomic E-state index is 0.789. The Hall–Kier alpha value is -1.16. The van der Waals surface area contributed by atoms with Crippen molar-refractivity contribution in [3.05, 3.63) is 57.3 Å². The lowest BCUT2D eigenvalue weighted by Gasteiger charge is -2.16. The highest BCUT2D eigenvalue weighted by atomic mass is 32.1. The second kappa shape index (κ2) is 6.73. The third-order valence-electron chi connectivity index (χ3n) is 3.95. The fraction of sp³-hybridized carbons (Fsp3) is 0.444. The zero-order valence-corrected chi connectivity index (χ0v) is 13.7. The van der Waals surface area contributed by atoms with Gasteiger partial charge in [-0.3, -0.25) is 4.90 Å². The van der Waals surface area contributed by atoms with E-state index < -0.39 is 0 Å². The Morgan fingerprint density at radius 2 is 1.95 bits per heavy atom. The predicted octanol–water partition coefficient (Wildman–Crippen LogP) is 3.94. The quantitative estimate of drug-likeness (QED) is 0.833. The topological polar surface area (TPSA) is 15.3 Å². The molecule has 112 valence electrons. The molecule has 1 aliphatic rings. The number of hydrogen-bond donors (Lipinski definition) is 1. The molecule has 0 amide bonds. The van der Waals surface area contributed by atoms with Crippen LogP contribution in [-0.4, -0.2) is 18.0 Å². The van der Waals surface area contributed by atoms with Gasteiger partial charge in [-0.1, -0.05) is 30.3 Å². The molecule has 21 heavy (non-hydrogen) atoms. The molecule has 1 N–H and O–H groups in total. The van der Waals surface area contributed by atoms with Crippen LogP contribution in [0.15, 0.2) is 36.4 Å². The summed E-state index contributed by atoms with van der Waals surface area (Å²) in [5, 5.41) is 3.60. The van der Waals surface area contributed by atoms with Crippen LogP contribution in [0.2, 0.25) is 0 Å². The van der Waals surface area contributed by atoms with Crippen molar-refractivity contribution in [3.63, 3.8) is 0 Å². The molecule has 3 rings (SSSR count). The van der Waals surface area contributed by atoms with Crippen LogP contribution in [0, 0.1) is 6.92 Å². The lowest BCUT2D eigenvalue weighted by Crippen LogP contribution is -2.17. The minimum atomic E-state index is 0.789. The van der Waals surface area contributed by atoms with Crippen molar-refractivity contribution < 1.29 is 0 Å². The van der Waals surface area contributed by atoms with Gasteiger partial charge in [0.1, 0.15) is 0 Å². The number of nitrogens with one attached hydrogen (secondary N) is 1. The van der Waals surface area contributed by atoms with E-state index in [1.54, 1.807) is 0 Å². The highest BCUT2D eigenvalue weighted by Gasteiger charge is 2.20. The molecule has 1 saturated carbocycles. The molecule has 0 radical (unpaired) electrons. The van der Waals surface area contributed by atoms with Gasteiger partial charge in [0.15, 0.2) is 0 Å². The second-order valence-electron chi connectivity index (χ2n) is 6.11. The van der Waals surface area contributed by atoms with Gasteiger partial charge in [0.2, 0.25) is 0 Å². The summed E-state index contributed by atoms with van der Waals surface area (Å²) in [5.74, 6) is 0. The van der Waals surface area contributed by atoms with E-state index in [1.807, 2.05) is 11.3 Å². The maximum absolute atomic E-state index is 3.60. The van der Waals surface area contributed by atoms with Gasteiger partial charge in [-0.2, -0.15) is 0 Å². The Balaban J connectivity index is 1.55. The van der Waals surface area contributed by atoms with E-state index in [-0.39, 0.29) is 0 Å². The van der Waals surface area contributed by atoms with Crippen LogP contribution in [0.4, 0.5) is 0 Å². The van der Waals surface area contributed by atoms with Crippen LogP contribution in [0.3, 0.4) is 0 Å². The smallest absolute Gasteiger partial charge is 0.0302 e. The molecule has 1 heterocycles. The Labute approximate surface area is 131 Å². The van der Waals surface area contributed by atoms with Crippen molar-refractivity contribution in [2.75, 3.05) is 7.05 Å². The SMILES string of the molecule is Cc1sc(CNC2CC2)cc1CN(C)Cc1ccccc1. The summed E-state index contributed by atoms with van der Waals surface area (Å²) in [6.45, 7) is 5.32. The lowest BCUT2D eigenvalue weighted by atomic mass is 10.2. The molecular formula is C18H24N2S. The van der Waals surface area contributed by atoms with Crippen molar-refractivity contribution >= 4 is 11.3 Å². The van der Waals surface area contributed by atoms with Crippen LogP contribution < -0.4 is 5.32 Å². The molecular weight excluding hydrogens is 276 g/mol. The van der Waals surface area contributed by atoms with Crippen molar-refractivity contribution in [1.82, 2.24) is 10.2 Å². The normalized spacial score (nSPS) is 14.8. The standard InChI is InChI=1S/C18H24N2S/c1-14-16(10-18(21-14)11-19-17-8-9-17)13-20(2)12-15-6-4-3-5-7-15/h3-7,10,17,19H,8-9,11-13H2,1-2H3. The van der Waals surface area contributed by atoms with Crippen LogP contribution in [0.5, 0.6) is 0 Å². The van der Waals surface area contributed by atoms with Gasteiger partial charge in [0.05, 0.1) is 0 Å². The summed E-state index contributed by atoms with van der Waals surface area (Å²) in [5.41, 5.74) is 2.86. The molecule has 1 fully saturated rings. The molecule has 1 aromatic carbocycles. The van der Waals surface area contributed by atoms with Crippen LogP contribution >= 0.6 is 11.3 Å². The predicted molar refractivity (Wildman–Crippen MR) is 90.5 cm³/mol. The largest absolute Gasteiger partial charge is 0.309 e. The van der Waals surface area contributed by atoms with E-state index in [0.29, 0.717) is 0 Å². The fourth-order valence-corrected chi connectivity index (χ4v) is 3.61. The lowest BCUT2D eigenvalue weighted by molar-refractivity contribution is 0.319. The highest BCUT2D eigenvalue weighted by molar-refractivity contribution is 7.12. The van der Waals surface area contributed by atoms with Gasteiger partial charge in [-0.25, -0.2) is 0 Å². The van der Waals surface area contributed by atoms with E-state index in [2.05, 4.69) is 60.6 Å². The Kier molecular flexibility index (Phi) is 4.73. The van der Waals surface area contributed by atoms with Crippen molar-refractivity contribution in [1.29, 1.82) is 0 Å². The Bertz CT molecular complexity index is 572. The van der Waals surface area contributed by atoms with Crippen LogP contribution in [0.1, 0.15) is 33.7 Å². The fourth-order valence-electron chi connectivity index (χ4n) is 2.61. The zero-order chi connectivity index (χ0) is 14.7. The van der Waals surface area contributed by atoms with Gasteiger partial charge < -0.3 is 5.32 Å². The molecule has 1 aliphatic carbocycles. The summed E-state index contributed by atoms with van der Waals surface area (Å²) in [7, 11) is 2.20. The van der Waals surface area contributed by atoms with Gasteiger partial charge in [0, 0.05) is 35.4 Å². The van der Waals surface area contributed by atoms with Crippen LogP contribution in [-0.2, 0) is 19.6 Å². The first-order valence-electron chi connectivity index (χ1n) is 7.75. The Morgan fingerprint density at radius 1 is 1.19 bits per heavy atom. The van der Waals surface area contributed by atoms with Crippen molar-refractivity contribution in [2.45, 2.75) is 45.4 Å². The second-order valence-corrected chi connectivity index (χ2v) is 7.45. The van der Waals surface area contributed by atoms with E-state index in [4.69, 9.17) is 0 Å². The first kappa shape index (κ1) is 14.8. The van der Waals surface area contributed by atoms with E-state index >= 15 is 0 Å². The first-order valence-corrected chi connectivity index (χ1v) is 8.56. The minimum Gasteiger partial charge on any atom is -0.309 e. The maximum Gasteiger partial charge on any atom is 0.0302 e. The molecule has 3 heteroatoms. The summed E-state index contributed by atoms with van der Waals surface area (Å²) < 4.78 is 0.